The van der Waals surface area contributed by atoms with Crippen LogP contribution in [0.1, 0.15) is 12.8 Å². The molecule has 1 N–H and O–H groups in total. The van der Waals surface area contributed by atoms with Crippen molar-refractivity contribution in [1.29, 1.82) is 0 Å². The van der Waals surface area contributed by atoms with E-state index >= 15 is 0 Å². The van der Waals surface area contributed by atoms with E-state index in [1.54, 1.807) is 0 Å². The summed E-state index contributed by atoms with van der Waals surface area (Å²) in [5, 5.41) is 2.99. The monoisotopic (exact) mass is 299 g/mol. The van der Waals surface area contributed by atoms with E-state index in [9.17, 15) is 13.2 Å². The molecule has 0 fully saturated rings. The maximum atomic E-state index is 11.9. The zero-order valence-corrected chi connectivity index (χ0v) is 11.8. The van der Waals surface area contributed by atoms with Crippen molar-refractivity contribution in [2.45, 2.75) is 17.7 Å². The second-order valence-electron chi connectivity index (χ2n) is 3.83. The fourth-order valence-electron chi connectivity index (χ4n) is 1.36. The molecule has 19 heavy (non-hydrogen) atoms. The van der Waals surface area contributed by atoms with Crippen LogP contribution in [0, 0.1) is 12.3 Å². The van der Waals surface area contributed by atoms with E-state index in [0.29, 0.717) is 11.4 Å². The van der Waals surface area contributed by atoms with Crippen LogP contribution in [-0.2, 0) is 14.6 Å². The second-order valence-corrected chi connectivity index (χ2v) is 6.37. The predicted octanol–water partition coefficient (Wildman–Crippen LogP) is 1.64. The third-order valence-corrected chi connectivity index (χ3v) is 4.35. The van der Waals surface area contributed by atoms with Gasteiger partial charge in [0.15, 0.2) is 9.84 Å². The van der Waals surface area contributed by atoms with Gasteiger partial charge in [-0.15, -0.1) is 12.3 Å². The van der Waals surface area contributed by atoms with Gasteiger partial charge in [0, 0.05) is 24.4 Å². The largest absolute Gasteiger partial charge is 0.355 e. The highest BCUT2D eigenvalue weighted by atomic mass is 35.5. The van der Waals surface area contributed by atoms with Crippen molar-refractivity contribution in [3.8, 4) is 12.3 Å². The van der Waals surface area contributed by atoms with E-state index < -0.39 is 9.84 Å². The molecule has 0 spiro atoms. The summed E-state index contributed by atoms with van der Waals surface area (Å²) in [6.07, 6.45) is 5.58. The minimum atomic E-state index is -3.41. The fourth-order valence-corrected chi connectivity index (χ4v) is 2.64. The van der Waals surface area contributed by atoms with Crippen molar-refractivity contribution >= 4 is 27.3 Å². The molecule has 0 aliphatic carbocycles. The molecule has 0 saturated carbocycles. The number of carbonyl (C=O) groups excluding carboxylic acids is 1. The van der Waals surface area contributed by atoms with Gasteiger partial charge in [-0.3, -0.25) is 4.79 Å². The number of nitrogens with one attached hydrogen (secondary N) is 1. The van der Waals surface area contributed by atoms with E-state index in [-0.39, 0.29) is 29.5 Å². The molecule has 1 rings (SSSR count). The molecule has 0 aliphatic rings. The molecule has 1 aromatic rings. The first-order valence-corrected chi connectivity index (χ1v) is 7.67. The molecule has 6 heteroatoms. The lowest BCUT2D eigenvalue weighted by atomic mass is 10.3. The molecule has 1 aromatic carbocycles. The Morgan fingerprint density at radius 2 is 1.95 bits per heavy atom. The van der Waals surface area contributed by atoms with Gasteiger partial charge in [-0.05, 0) is 24.3 Å². The SMILES string of the molecule is C#CCCC(=O)NCCS(=O)(=O)c1ccc(Cl)cc1. The Balaban J connectivity index is 2.50. The Morgan fingerprint density at radius 3 is 2.53 bits per heavy atom. The van der Waals surface area contributed by atoms with Gasteiger partial charge in [0.05, 0.1) is 10.6 Å². The van der Waals surface area contributed by atoms with Gasteiger partial charge in [0.2, 0.25) is 5.91 Å². The Kier molecular flexibility index (Phi) is 5.87. The molecule has 0 aromatic heterocycles. The summed E-state index contributed by atoms with van der Waals surface area (Å²) in [4.78, 5) is 11.4. The van der Waals surface area contributed by atoms with Crippen molar-refractivity contribution in [2.75, 3.05) is 12.3 Å². The number of sulfone groups is 1. The fraction of sp³-hybridized carbons (Fsp3) is 0.308. The first-order chi connectivity index (χ1) is 8.95. The summed E-state index contributed by atoms with van der Waals surface area (Å²) < 4.78 is 23.8. The topological polar surface area (TPSA) is 63.2 Å². The first kappa shape index (κ1) is 15.5. The number of carbonyl (C=O) groups is 1. The first-order valence-electron chi connectivity index (χ1n) is 5.64. The number of amides is 1. The summed E-state index contributed by atoms with van der Waals surface area (Å²) in [5.74, 6) is 1.94. The third-order valence-electron chi connectivity index (χ3n) is 2.36. The summed E-state index contributed by atoms with van der Waals surface area (Å²) in [5.41, 5.74) is 0. The third kappa shape index (κ3) is 5.33. The molecular formula is C13H14ClNO3S. The molecule has 4 nitrogen and oxygen atoms in total. The van der Waals surface area contributed by atoms with Crippen LogP contribution in [0.25, 0.3) is 0 Å². The van der Waals surface area contributed by atoms with Gasteiger partial charge in [-0.25, -0.2) is 8.42 Å². The average Bonchev–Trinajstić information content (AvgIpc) is 2.36. The quantitative estimate of drug-likeness (QED) is 0.812. The molecular weight excluding hydrogens is 286 g/mol. The lowest BCUT2D eigenvalue weighted by Gasteiger charge is -2.06. The van der Waals surface area contributed by atoms with Crippen LogP contribution in [0.5, 0.6) is 0 Å². The van der Waals surface area contributed by atoms with Crippen LogP contribution in [0.3, 0.4) is 0 Å². The molecule has 0 unspecified atom stereocenters. The number of halogens is 1. The van der Waals surface area contributed by atoms with Crippen LogP contribution in [-0.4, -0.2) is 26.6 Å². The Bertz CT molecular complexity index is 573. The Hall–Kier alpha value is -1.51. The number of rotatable bonds is 6. The Labute approximate surface area is 118 Å². The zero-order valence-electron chi connectivity index (χ0n) is 10.2. The number of hydrogen-bond donors (Lipinski definition) is 1. The van der Waals surface area contributed by atoms with Gasteiger partial charge in [-0.1, -0.05) is 11.6 Å². The van der Waals surface area contributed by atoms with Gasteiger partial charge in [0.1, 0.15) is 0 Å². The van der Waals surface area contributed by atoms with Crippen molar-refractivity contribution < 1.29 is 13.2 Å². The smallest absolute Gasteiger partial charge is 0.220 e. The summed E-state index contributed by atoms with van der Waals surface area (Å²) in [6, 6.07) is 5.91. The zero-order chi connectivity index (χ0) is 14.3. The predicted molar refractivity (Wildman–Crippen MR) is 74.6 cm³/mol. The number of terminal acetylenes is 1. The summed E-state index contributed by atoms with van der Waals surface area (Å²) in [6.45, 7) is 0.0639. The summed E-state index contributed by atoms with van der Waals surface area (Å²) >= 11 is 5.69. The van der Waals surface area contributed by atoms with E-state index in [0.717, 1.165) is 0 Å². The Morgan fingerprint density at radius 1 is 1.32 bits per heavy atom. The minimum Gasteiger partial charge on any atom is -0.355 e. The van der Waals surface area contributed by atoms with E-state index in [1.165, 1.54) is 24.3 Å². The van der Waals surface area contributed by atoms with Gasteiger partial charge < -0.3 is 5.32 Å². The van der Waals surface area contributed by atoms with E-state index in [4.69, 9.17) is 18.0 Å². The highest BCUT2D eigenvalue weighted by Crippen LogP contribution is 2.15. The van der Waals surface area contributed by atoms with Crippen molar-refractivity contribution in [3.63, 3.8) is 0 Å². The second kappa shape index (κ2) is 7.17. The van der Waals surface area contributed by atoms with Crippen molar-refractivity contribution in [1.82, 2.24) is 5.32 Å². The summed E-state index contributed by atoms with van der Waals surface area (Å²) in [7, 11) is -3.41. The molecule has 0 atom stereocenters. The number of benzene rings is 1. The molecule has 1 amide bonds. The molecule has 0 radical (unpaired) electrons. The molecule has 102 valence electrons. The van der Waals surface area contributed by atoms with E-state index in [1.807, 2.05) is 0 Å². The maximum absolute atomic E-state index is 11.9. The molecule has 0 bridgehead atoms. The van der Waals surface area contributed by atoms with Crippen LogP contribution in [0.2, 0.25) is 5.02 Å². The van der Waals surface area contributed by atoms with Gasteiger partial charge in [-0.2, -0.15) is 0 Å². The minimum absolute atomic E-state index is 0.0639. The van der Waals surface area contributed by atoms with E-state index in [2.05, 4.69) is 11.2 Å². The lowest BCUT2D eigenvalue weighted by molar-refractivity contribution is -0.120. The van der Waals surface area contributed by atoms with Crippen LogP contribution in [0.15, 0.2) is 29.2 Å². The van der Waals surface area contributed by atoms with Gasteiger partial charge >= 0.3 is 0 Å². The lowest BCUT2D eigenvalue weighted by Crippen LogP contribution is -2.28. The number of hydrogen-bond acceptors (Lipinski definition) is 3. The van der Waals surface area contributed by atoms with Crippen molar-refractivity contribution in [3.05, 3.63) is 29.3 Å². The van der Waals surface area contributed by atoms with Crippen molar-refractivity contribution in [2.24, 2.45) is 0 Å². The van der Waals surface area contributed by atoms with Gasteiger partial charge in [0.25, 0.3) is 0 Å². The molecule has 0 heterocycles. The van der Waals surface area contributed by atoms with Crippen LogP contribution < -0.4 is 5.32 Å². The molecule has 0 saturated heterocycles. The maximum Gasteiger partial charge on any atom is 0.220 e. The standard InChI is InChI=1S/C13H14ClNO3S/c1-2-3-4-13(16)15-9-10-19(17,18)12-7-5-11(14)6-8-12/h1,5-8H,3-4,9-10H2,(H,15,16). The highest BCUT2D eigenvalue weighted by molar-refractivity contribution is 7.91. The average molecular weight is 300 g/mol. The van der Waals surface area contributed by atoms with Crippen LogP contribution >= 0.6 is 11.6 Å². The highest BCUT2D eigenvalue weighted by Gasteiger charge is 2.14. The van der Waals surface area contributed by atoms with Crippen LogP contribution in [0.4, 0.5) is 0 Å². The normalized spacial score (nSPS) is 10.7. The molecule has 0 aliphatic heterocycles.